The van der Waals surface area contributed by atoms with Crippen molar-refractivity contribution >= 4 is 29.1 Å². The predicted molar refractivity (Wildman–Crippen MR) is 110 cm³/mol. The summed E-state index contributed by atoms with van der Waals surface area (Å²) < 4.78 is 0. The Labute approximate surface area is 170 Å². The first kappa shape index (κ1) is 18.8. The first-order valence-corrected chi connectivity index (χ1v) is 10.6. The van der Waals surface area contributed by atoms with E-state index in [9.17, 15) is 4.79 Å². The molecule has 4 rings (SSSR count). The minimum atomic E-state index is 0.0207. The van der Waals surface area contributed by atoms with Crippen LogP contribution in [0.3, 0.4) is 0 Å². The van der Waals surface area contributed by atoms with E-state index in [1.165, 1.54) is 19.3 Å². The van der Waals surface area contributed by atoms with Crippen molar-refractivity contribution in [2.75, 3.05) is 6.54 Å². The number of hydrogen-bond donors (Lipinski definition) is 0. The molecule has 1 saturated carbocycles. The number of likely N-dealkylation sites (tertiary alicyclic amines) is 1. The lowest BCUT2D eigenvalue weighted by molar-refractivity contribution is -0.133. The Morgan fingerprint density at radius 1 is 1.07 bits per heavy atom. The molecule has 1 amide bonds. The Morgan fingerprint density at radius 3 is 2.63 bits per heavy atom. The van der Waals surface area contributed by atoms with Crippen LogP contribution in [-0.2, 0) is 11.2 Å². The number of benzene rings is 1. The largest absolute Gasteiger partial charge is 0.339 e. The van der Waals surface area contributed by atoms with E-state index in [1.807, 2.05) is 24.3 Å². The fourth-order valence-electron chi connectivity index (χ4n) is 4.50. The van der Waals surface area contributed by atoms with E-state index in [2.05, 4.69) is 9.88 Å². The van der Waals surface area contributed by atoms with E-state index < -0.39 is 0 Å². The summed E-state index contributed by atoms with van der Waals surface area (Å²) in [5.41, 5.74) is 2.69. The number of amides is 1. The van der Waals surface area contributed by atoms with Crippen LogP contribution in [0.25, 0.3) is 11.1 Å². The van der Waals surface area contributed by atoms with Crippen LogP contribution in [0.1, 0.15) is 44.1 Å². The highest BCUT2D eigenvalue weighted by atomic mass is 35.5. The molecule has 0 spiro atoms. The van der Waals surface area contributed by atoms with E-state index in [0.29, 0.717) is 28.4 Å². The molecule has 1 atom stereocenters. The van der Waals surface area contributed by atoms with Crippen molar-refractivity contribution in [3.05, 3.63) is 52.3 Å². The molecule has 1 aliphatic heterocycles. The lowest BCUT2D eigenvalue weighted by Gasteiger charge is -2.31. The van der Waals surface area contributed by atoms with Gasteiger partial charge in [-0.25, -0.2) is 0 Å². The van der Waals surface area contributed by atoms with Crippen molar-refractivity contribution in [2.24, 2.45) is 5.92 Å². The predicted octanol–water partition coefficient (Wildman–Crippen LogP) is 5.78. The molecular formula is C22H24Cl2N2O. The van der Waals surface area contributed by atoms with Gasteiger partial charge in [-0.2, -0.15) is 0 Å². The summed E-state index contributed by atoms with van der Waals surface area (Å²) in [6.45, 7) is 0.884. The molecule has 2 aliphatic rings. The second-order valence-corrected chi connectivity index (χ2v) is 8.44. The number of nitrogens with zero attached hydrogens (tertiary/aromatic N) is 2. The number of hydrogen-bond acceptors (Lipinski definition) is 2. The molecule has 5 heteroatoms. The molecule has 0 bridgehead atoms. The second-order valence-electron chi connectivity index (χ2n) is 7.65. The summed E-state index contributed by atoms with van der Waals surface area (Å²) in [5.74, 6) is 0.322. The topological polar surface area (TPSA) is 33.2 Å². The van der Waals surface area contributed by atoms with Crippen molar-refractivity contribution < 1.29 is 4.79 Å². The molecule has 0 radical (unpaired) electrons. The lowest BCUT2D eigenvalue weighted by atomic mass is 9.93. The maximum atomic E-state index is 13.0. The summed E-state index contributed by atoms with van der Waals surface area (Å²) in [5, 5.41) is 1.25. The zero-order chi connectivity index (χ0) is 18.8. The van der Waals surface area contributed by atoms with Crippen LogP contribution in [-0.4, -0.2) is 28.4 Å². The van der Waals surface area contributed by atoms with E-state index >= 15 is 0 Å². The molecule has 142 valence electrons. The SMILES string of the molecule is O=C1C(Cc2ccc(Cl)c(-c3cccnc3)c2Cl)CCN1C1CCCCC1. The summed E-state index contributed by atoms with van der Waals surface area (Å²) in [6, 6.07) is 8.11. The van der Waals surface area contributed by atoms with Crippen molar-refractivity contribution in [3.8, 4) is 11.1 Å². The van der Waals surface area contributed by atoms with Gasteiger partial charge in [0.15, 0.2) is 0 Å². The third kappa shape index (κ3) is 3.86. The zero-order valence-electron chi connectivity index (χ0n) is 15.3. The van der Waals surface area contributed by atoms with Gasteiger partial charge in [-0.1, -0.05) is 54.6 Å². The fourth-order valence-corrected chi connectivity index (χ4v) is 5.17. The number of rotatable bonds is 4. The van der Waals surface area contributed by atoms with Gasteiger partial charge < -0.3 is 4.90 Å². The molecule has 1 aromatic heterocycles. The van der Waals surface area contributed by atoms with Crippen LogP contribution in [0.4, 0.5) is 0 Å². The summed E-state index contributed by atoms with van der Waals surface area (Å²) >= 11 is 13.1. The Hall–Kier alpha value is -1.58. The number of aromatic nitrogens is 1. The molecule has 3 nitrogen and oxygen atoms in total. The average molecular weight is 403 g/mol. The van der Waals surface area contributed by atoms with Gasteiger partial charge in [0, 0.05) is 47.0 Å². The maximum absolute atomic E-state index is 13.0. The van der Waals surface area contributed by atoms with Gasteiger partial charge in [0.2, 0.25) is 5.91 Å². The Bertz CT molecular complexity index is 819. The number of carbonyl (C=O) groups is 1. The number of halogens is 2. The molecular weight excluding hydrogens is 379 g/mol. The van der Waals surface area contributed by atoms with Crippen LogP contribution in [0.15, 0.2) is 36.7 Å². The molecule has 2 aromatic rings. The highest BCUT2D eigenvalue weighted by molar-refractivity contribution is 6.39. The molecule has 1 unspecified atom stereocenters. The normalized spacial score (nSPS) is 21.0. The third-order valence-electron chi connectivity index (χ3n) is 5.95. The van der Waals surface area contributed by atoms with Crippen LogP contribution in [0.2, 0.25) is 10.0 Å². The van der Waals surface area contributed by atoms with Gasteiger partial charge in [-0.05, 0) is 43.4 Å². The van der Waals surface area contributed by atoms with Crippen molar-refractivity contribution in [3.63, 3.8) is 0 Å². The molecule has 1 saturated heterocycles. The second kappa shape index (κ2) is 8.20. The van der Waals surface area contributed by atoms with Crippen LogP contribution >= 0.6 is 23.2 Å². The molecule has 1 aliphatic carbocycles. The van der Waals surface area contributed by atoms with Crippen molar-refractivity contribution in [1.29, 1.82) is 0 Å². The molecule has 2 heterocycles. The van der Waals surface area contributed by atoms with Gasteiger partial charge in [-0.15, -0.1) is 0 Å². The first-order valence-electron chi connectivity index (χ1n) is 9.83. The summed E-state index contributed by atoms with van der Waals surface area (Å²) in [7, 11) is 0. The highest BCUT2D eigenvalue weighted by Crippen LogP contribution is 2.39. The standard InChI is InChI=1S/C22H24Cl2N2O/c23-19-9-8-15(21(24)20(19)17-5-4-11-25-14-17)13-16-10-12-26(22(16)27)18-6-2-1-3-7-18/h4-5,8-9,11,14,16,18H,1-3,6-7,10,12-13H2. The molecule has 27 heavy (non-hydrogen) atoms. The smallest absolute Gasteiger partial charge is 0.226 e. The van der Waals surface area contributed by atoms with Gasteiger partial charge in [0.1, 0.15) is 0 Å². The van der Waals surface area contributed by atoms with Crippen molar-refractivity contribution in [2.45, 2.75) is 51.0 Å². The molecule has 1 aromatic carbocycles. The van der Waals surface area contributed by atoms with E-state index in [4.69, 9.17) is 23.2 Å². The van der Waals surface area contributed by atoms with E-state index in [0.717, 1.165) is 42.5 Å². The Morgan fingerprint density at radius 2 is 1.89 bits per heavy atom. The van der Waals surface area contributed by atoms with Gasteiger partial charge in [0.05, 0.1) is 5.02 Å². The maximum Gasteiger partial charge on any atom is 0.226 e. The van der Waals surface area contributed by atoms with Gasteiger partial charge in [0.25, 0.3) is 0 Å². The Kier molecular flexibility index (Phi) is 5.70. The van der Waals surface area contributed by atoms with Crippen LogP contribution in [0.5, 0.6) is 0 Å². The number of pyridine rings is 1. The van der Waals surface area contributed by atoms with Crippen LogP contribution in [0, 0.1) is 5.92 Å². The average Bonchev–Trinajstić information content (AvgIpc) is 3.06. The van der Waals surface area contributed by atoms with Crippen LogP contribution < -0.4 is 0 Å². The molecule has 0 N–H and O–H groups in total. The lowest BCUT2D eigenvalue weighted by Crippen LogP contribution is -2.39. The van der Waals surface area contributed by atoms with Crippen molar-refractivity contribution in [1.82, 2.24) is 9.88 Å². The third-order valence-corrected chi connectivity index (χ3v) is 6.70. The molecule has 2 fully saturated rings. The highest BCUT2D eigenvalue weighted by Gasteiger charge is 2.36. The monoisotopic (exact) mass is 402 g/mol. The summed E-state index contributed by atoms with van der Waals surface area (Å²) in [6.07, 6.45) is 11.2. The zero-order valence-corrected chi connectivity index (χ0v) is 16.8. The van der Waals surface area contributed by atoms with E-state index in [1.54, 1.807) is 12.4 Å². The number of carbonyl (C=O) groups excluding carboxylic acids is 1. The first-order chi connectivity index (χ1) is 13.1. The van der Waals surface area contributed by atoms with Gasteiger partial charge in [-0.3, -0.25) is 9.78 Å². The Balaban J connectivity index is 1.54. The summed E-state index contributed by atoms with van der Waals surface area (Å²) in [4.78, 5) is 19.3. The quantitative estimate of drug-likeness (QED) is 0.649. The minimum Gasteiger partial charge on any atom is -0.339 e. The van der Waals surface area contributed by atoms with Gasteiger partial charge >= 0.3 is 0 Å². The fraction of sp³-hybridized carbons (Fsp3) is 0.455. The van der Waals surface area contributed by atoms with E-state index in [-0.39, 0.29) is 5.92 Å². The minimum absolute atomic E-state index is 0.0207.